The number of benzene rings is 1. The maximum absolute atomic E-state index is 5.86. The molecule has 1 aliphatic carbocycles. The quantitative estimate of drug-likeness (QED) is 0.710. The number of nitrogens with one attached hydrogen (secondary N) is 1. The van der Waals surface area contributed by atoms with E-state index in [1.165, 1.54) is 24.0 Å². The SMILES string of the molecule is c1ccc(COCC[C@@H]2C[C@@H]2c2cncc(OC[C@@H]3CCN3)c2)cc1. The number of rotatable bonds is 9. The molecule has 0 spiro atoms. The smallest absolute Gasteiger partial charge is 0.137 e. The number of hydrogen-bond acceptors (Lipinski definition) is 4. The minimum atomic E-state index is 0.513. The summed E-state index contributed by atoms with van der Waals surface area (Å²) >= 11 is 0. The fraction of sp³-hybridized carbons (Fsp3) is 0.476. The summed E-state index contributed by atoms with van der Waals surface area (Å²) in [5, 5.41) is 3.35. The zero-order valence-corrected chi connectivity index (χ0v) is 14.6. The fourth-order valence-corrected chi connectivity index (χ4v) is 3.38. The molecule has 1 aromatic heterocycles. The first-order valence-corrected chi connectivity index (χ1v) is 9.31. The topological polar surface area (TPSA) is 43.4 Å². The summed E-state index contributed by atoms with van der Waals surface area (Å²) in [7, 11) is 0. The van der Waals surface area contributed by atoms with Gasteiger partial charge < -0.3 is 14.8 Å². The van der Waals surface area contributed by atoms with Gasteiger partial charge in [0.05, 0.1) is 12.8 Å². The van der Waals surface area contributed by atoms with Crippen LogP contribution in [-0.2, 0) is 11.3 Å². The second-order valence-electron chi connectivity index (χ2n) is 7.13. The predicted molar refractivity (Wildman–Crippen MR) is 97.7 cm³/mol. The molecule has 2 aliphatic rings. The molecule has 4 rings (SSSR count). The maximum Gasteiger partial charge on any atom is 0.137 e. The summed E-state index contributed by atoms with van der Waals surface area (Å²) < 4.78 is 11.7. The highest BCUT2D eigenvalue weighted by molar-refractivity contribution is 5.30. The molecular weight excluding hydrogens is 312 g/mol. The lowest BCUT2D eigenvalue weighted by Crippen LogP contribution is -2.46. The van der Waals surface area contributed by atoms with Crippen molar-refractivity contribution in [3.8, 4) is 5.75 Å². The van der Waals surface area contributed by atoms with E-state index >= 15 is 0 Å². The Labute approximate surface area is 149 Å². The van der Waals surface area contributed by atoms with Crippen molar-refractivity contribution in [3.63, 3.8) is 0 Å². The van der Waals surface area contributed by atoms with Crippen LogP contribution < -0.4 is 10.1 Å². The fourth-order valence-electron chi connectivity index (χ4n) is 3.38. The Hall–Kier alpha value is -1.91. The molecule has 1 aliphatic heterocycles. The number of pyridine rings is 1. The van der Waals surface area contributed by atoms with Crippen molar-refractivity contribution in [2.24, 2.45) is 5.92 Å². The van der Waals surface area contributed by atoms with Crippen LogP contribution in [0.1, 0.15) is 36.3 Å². The lowest BCUT2D eigenvalue weighted by molar-refractivity contribution is 0.114. The molecule has 132 valence electrons. The summed E-state index contributed by atoms with van der Waals surface area (Å²) in [6.07, 6.45) is 7.38. The Morgan fingerprint density at radius 1 is 1.16 bits per heavy atom. The van der Waals surface area contributed by atoms with Crippen LogP contribution in [0.2, 0.25) is 0 Å². The zero-order valence-electron chi connectivity index (χ0n) is 14.6. The maximum atomic E-state index is 5.86. The van der Waals surface area contributed by atoms with E-state index in [2.05, 4.69) is 40.6 Å². The molecule has 4 heteroatoms. The molecule has 0 unspecified atom stereocenters. The Kier molecular flexibility index (Phi) is 5.28. The van der Waals surface area contributed by atoms with Crippen LogP contribution in [0.4, 0.5) is 0 Å². The van der Waals surface area contributed by atoms with Gasteiger partial charge in [0.2, 0.25) is 0 Å². The molecule has 2 fully saturated rings. The van der Waals surface area contributed by atoms with Gasteiger partial charge in [-0.05, 0) is 54.8 Å². The van der Waals surface area contributed by atoms with Gasteiger partial charge in [-0.1, -0.05) is 30.3 Å². The number of aromatic nitrogens is 1. The van der Waals surface area contributed by atoms with Gasteiger partial charge in [-0.3, -0.25) is 4.98 Å². The van der Waals surface area contributed by atoms with E-state index in [-0.39, 0.29) is 0 Å². The van der Waals surface area contributed by atoms with Gasteiger partial charge in [-0.25, -0.2) is 0 Å². The van der Waals surface area contributed by atoms with Crippen LogP contribution in [0.5, 0.6) is 5.75 Å². The van der Waals surface area contributed by atoms with Gasteiger partial charge in [0.25, 0.3) is 0 Å². The summed E-state index contributed by atoms with van der Waals surface area (Å²) in [6, 6.07) is 13.0. The van der Waals surface area contributed by atoms with Crippen molar-refractivity contribution in [2.45, 2.75) is 37.8 Å². The van der Waals surface area contributed by atoms with Gasteiger partial charge in [-0.15, -0.1) is 0 Å². The molecule has 2 aromatic rings. The highest BCUT2D eigenvalue weighted by Crippen LogP contribution is 2.49. The van der Waals surface area contributed by atoms with Crippen LogP contribution in [-0.4, -0.2) is 30.8 Å². The first kappa shape index (κ1) is 16.6. The average Bonchev–Trinajstić information content (AvgIpc) is 3.38. The molecule has 3 atom stereocenters. The van der Waals surface area contributed by atoms with Crippen molar-refractivity contribution >= 4 is 0 Å². The molecule has 25 heavy (non-hydrogen) atoms. The molecule has 0 radical (unpaired) electrons. The van der Waals surface area contributed by atoms with Crippen molar-refractivity contribution in [2.75, 3.05) is 19.8 Å². The van der Waals surface area contributed by atoms with Gasteiger partial charge in [0, 0.05) is 18.8 Å². The van der Waals surface area contributed by atoms with Gasteiger partial charge in [0.15, 0.2) is 0 Å². The van der Waals surface area contributed by atoms with Crippen LogP contribution >= 0.6 is 0 Å². The van der Waals surface area contributed by atoms with Gasteiger partial charge in [0.1, 0.15) is 12.4 Å². The molecule has 1 saturated heterocycles. The third kappa shape index (κ3) is 4.59. The molecule has 0 amide bonds. The van der Waals surface area contributed by atoms with Crippen molar-refractivity contribution in [3.05, 3.63) is 59.9 Å². The third-order valence-corrected chi connectivity index (χ3v) is 5.21. The van der Waals surface area contributed by atoms with Crippen LogP contribution in [0, 0.1) is 5.92 Å². The molecule has 1 saturated carbocycles. The Morgan fingerprint density at radius 2 is 2.04 bits per heavy atom. The van der Waals surface area contributed by atoms with Crippen LogP contribution in [0.3, 0.4) is 0 Å². The molecule has 2 heterocycles. The van der Waals surface area contributed by atoms with Crippen LogP contribution in [0.15, 0.2) is 48.8 Å². The summed E-state index contributed by atoms with van der Waals surface area (Å²) in [6.45, 7) is 3.39. The van der Waals surface area contributed by atoms with Gasteiger partial charge in [-0.2, -0.15) is 0 Å². The minimum absolute atomic E-state index is 0.513. The van der Waals surface area contributed by atoms with E-state index in [9.17, 15) is 0 Å². The van der Waals surface area contributed by atoms with E-state index in [0.717, 1.165) is 37.8 Å². The highest BCUT2D eigenvalue weighted by atomic mass is 16.5. The standard InChI is InChI=1S/C21H26N2O2/c1-2-4-16(5-3-1)14-24-9-7-17-11-21(17)18-10-20(13-22-12-18)25-15-19-6-8-23-19/h1-5,10,12-13,17,19,21,23H,6-9,11,14-15H2/t17-,19+,21+/m1/s1. The Bertz CT molecular complexity index is 673. The first-order valence-electron chi connectivity index (χ1n) is 9.31. The second kappa shape index (κ2) is 7.98. The molecular formula is C21H26N2O2. The highest BCUT2D eigenvalue weighted by Gasteiger charge is 2.38. The first-order chi connectivity index (χ1) is 12.4. The van der Waals surface area contributed by atoms with Crippen molar-refractivity contribution < 1.29 is 9.47 Å². The van der Waals surface area contributed by atoms with E-state index in [1.54, 1.807) is 0 Å². The molecule has 1 aromatic carbocycles. The number of nitrogens with zero attached hydrogens (tertiary/aromatic N) is 1. The average molecular weight is 338 g/mol. The predicted octanol–water partition coefficient (Wildman–Crippen LogP) is 3.53. The number of ether oxygens (including phenoxy) is 2. The summed E-state index contributed by atoms with van der Waals surface area (Å²) in [5.74, 6) is 2.25. The van der Waals surface area contributed by atoms with Gasteiger partial charge >= 0.3 is 0 Å². The molecule has 1 N–H and O–H groups in total. The van der Waals surface area contributed by atoms with E-state index in [0.29, 0.717) is 18.6 Å². The third-order valence-electron chi connectivity index (χ3n) is 5.21. The molecule has 4 nitrogen and oxygen atoms in total. The van der Waals surface area contributed by atoms with Crippen molar-refractivity contribution in [1.29, 1.82) is 0 Å². The second-order valence-corrected chi connectivity index (χ2v) is 7.13. The van der Waals surface area contributed by atoms with E-state index < -0.39 is 0 Å². The van der Waals surface area contributed by atoms with E-state index in [1.807, 2.05) is 18.5 Å². The lowest BCUT2D eigenvalue weighted by Gasteiger charge is -2.27. The van der Waals surface area contributed by atoms with E-state index in [4.69, 9.17) is 9.47 Å². The summed E-state index contributed by atoms with van der Waals surface area (Å²) in [4.78, 5) is 4.36. The minimum Gasteiger partial charge on any atom is -0.490 e. The monoisotopic (exact) mass is 338 g/mol. The van der Waals surface area contributed by atoms with Crippen molar-refractivity contribution in [1.82, 2.24) is 10.3 Å². The Balaban J connectivity index is 1.18. The Morgan fingerprint density at radius 3 is 2.84 bits per heavy atom. The largest absolute Gasteiger partial charge is 0.490 e. The number of hydrogen-bond donors (Lipinski definition) is 1. The lowest BCUT2D eigenvalue weighted by atomic mass is 10.1. The summed E-state index contributed by atoms with van der Waals surface area (Å²) in [5.41, 5.74) is 2.55. The van der Waals surface area contributed by atoms with Crippen LogP contribution in [0.25, 0.3) is 0 Å². The molecule has 0 bridgehead atoms. The zero-order chi connectivity index (χ0) is 16.9. The normalized spacial score (nSPS) is 24.6.